The summed E-state index contributed by atoms with van der Waals surface area (Å²) in [5, 5.41) is 11.3. The van der Waals surface area contributed by atoms with Crippen molar-refractivity contribution < 1.29 is 8.83 Å². The molecule has 0 N–H and O–H groups in total. The number of fused-ring (bicyclic) bond motifs is 17. The second-order valence-electron chi connectivity index (χ2n) is 22.2. The third-order valence-corrected chi connectivity index (χ3v) is 20.9. The summed E-state index contributed by atoms with van der Waals surface area (Å²) < 4.78 is 22.1. The van der Waals surface area contributed by atoms with Crippen LogP contribution in [-0.2, 0) is 0 Å². The van der Waals surface area contributed by atoms with Crippen molar-refractivity contribution in [2.24, 2.45) is 0 Å². The van der Waals surface area contributed by atoms with E-state index < -0.39 is 0 Å². The zero-order valence-corrected chi connectivity index (χ0v) is 47.1. The van der Waals surface area contributed by atoms with Crippen molar-refractivity contribution in [2.75, 3.05) is 0 Å². The summed E-state index contributed by atoms with van der Waals surface area (Å²) in [7, 11) is 45.8. The van der Waals surface area contributed by atoms with Gasteiger partial charge in [0, 0.05) is 64.0 Å². The summed E-state index contributed by atoms with van der Waals surface area (Å²) in [5.41, 5.74) is 36.2. The van der Waals surface area contributed by atoms with Gasteiger partial charge in [-0.2, -0.15) is 0 Å². The minimum atomic E-state index is 0.666. The van der Waals surface area contributed by atoms with E-state index in [1.165, 1.54) is 167 Å². The molecule has 0 amide bonds. The van der Waals surface area contributed by atoms with Gasteiger partial charge in [0.25, 0.3) is 0 Å². The Bertz CT molecular complexity index is 4880. The van der Waals surface area contributed by atoms with Crippen LogP contribution in [0.1, 0.15) is 0 Å². The average molecular weight is 933 g/mol. The van der Waals surface area contributed by atoms with Crippen LogP contribution in [0.25, 0.3) is 119 Å². The van der Waals surface area contributed by atoms with Crippen LogP contribution in [-0.4, -0.2) is 176 Å². The highest BCUT2D eigenvalue weighted by Crippen LogP contribution is 2.42. The van der Waals surface area contributed by atoms with E-state index in [0.29, 0.717) is 5.58 Å². The molecule has 6 nitrogen and oxygen atoms in total. The van der Waals surface area contributed by atoms with E-state index in [2.05, 4.69) is 184 Å². The van der Waals surface area contributed by atoms with Crippen molar-refractivity contribution in [3.05, 3.63) is 24.5 Å². The molecule has 6 aromatic heterocycles. The van der Waals surface area contributed by atoms with E-state index >= 15 is 0 Å². The van der Waals surface area contributed by atoms with Crippen LogP contribution in [0.5, 0.6) is 0 Å². The number of benzene rings is 7. The number of hydrogen-bond donors (Lipinski definition) is 0. The van der Waals surface area contributed by atoms with E-state index in [4.69, 9.17) is 18.8 Å². The molecule has 326 valence electrons. The lowest BCUT2D eigenvalue weighted by molar-refractivity contribution is 0.662. The molecule has 6 heterocycles. The minimum absolute atomic E-state index is 0.666. The summed E-state index contributed by atoms with van der Waals surface area (Å²) >= 11 is 1.99. The molecule has 0 unspecified atom stereocenters. The fraction of sp³-hybridized carbons (Fsp3) is 0. The van der Waals surface area contributed by atoms with Gasteiger partial charge in [0.05, 0.1) is 10.9 Å². The van der Waals surface area contributed by atoms with Gasteiger partial charge >= 0.3 is 0 Å². The van der Waals surface area contributed by atoms with Crippen LogP contribution in [0.15, 0.2) is 33.4 Å². The van der Waals surface area contributed by atoms with Gasteiger partial charge in [-0.25, -0.2) is 9.97 Å². The van der Waals surface area contributed by atoms with Gasteiger partial charge in [-0.3, -0.25) is 4.57 Å². The monoisotopic (exact) mass is 937 g/mol. The molecule has 0 bridgehead atoms. The van der Waals surface area contributed by atoms with Gasteiger partial charge in [0.2, 0.25) is 0 Å². The van der Waals surface area contributed by atoms with Gasteiger partial charge in [0.15, 0.2) is 11.4 Å². The number of nitrogens with zero attached hydrogens (tertiary/aromatic N) is 4. The molecule has 27 heteroatoms. The van der Waals surface area contributed by atoms with Crippen molar-refractivity contribution in [1.82, 2.24) is 19.1 Å². The molecule has 0 radical (unpaired) electrons. The first-order chi connectivity index (χ1) is 34.6. The van der Waals surface area contributed by atoms with E-state index in [1.807, 2.05) is 11.3 Å². The third kappa shape index (κ3) is 5.61. The smallest absolute Gasteiger partial charge is 0.197 e. The van der Waals surface area contributed by atoms with Crippen molar-refractivity contribution in [3.8, 4) is 11.5 Å². The molecule has 0 saturated heterocycles. The molecule has 0 atom stereocenters. The molecule has 13 aromatic rings. The molecule has 0 spiro atoms. The molecule has 0 fully saturated rings. The van der Waals surface area contributed by atoms with Gasteiger partial charge < -0.3 is 13.4 Å². The second-order valence-corrected chi connectivity index (χ2v) is 23.3. The van der Waals surface area contributed by atoms with Crippen LogP contribution in [0.2, 0.25) is 0 Å². The maximum Gasteiger partial charge on any atom is 0.197 e. The first kappa shape index (κ1) is 47.1. The molecule has 0 saturated carbocycles. The van der Waals surface area contributed by atoms with Gasteiger partial charge in [-0.1, -0.05) is 81.9 Å². The molecule has 0 aliphatic carbocycles. The number of rotatable bonds is 2. The van der Waals surface area contributed by atoms with E-state index in [1.54, 1.807) is 6.33 Å². The van der Waals surface area contributed by atoms with Crippen molar-refractivity contribution in [3.63, 3.8) is 0 Å². The third-order valence-electron chi connectivity index (χ3n) is 19.5. The normalized spacial score (nSPS) is 12.4. The Kier molecular flexibility index (Phi) is 9.97. The lowest BCUT2D eigenvalue weighted by Gasteiger charge is -2.16. The number of thiophene rings is 1. The van der Waals surface area contributed by atoms with Crippen LogP contribution in [0.3, 0.4) is 0 Å². The molecule has 0 aliphatic rings. The minimum Gasteiger partial charge on any atom is -0.456 e. The summed E-state index contributed by atoms with van der Waals surface area (Å²) in [6.45, 7) is 0. The Morgan fingerprint density at radius 3 is 1.41 bits per heavy atom. The van der Waals surface area contributed by atoms with Crippen LogP contribution in [0.4, 0.5) is 0 Å². The Morgan fingerprint density at radius 2 is 0.781 bits per heavy atom. The maximum atomic E-state index is 7.25. The first-order valence-electron chi connectivity index (χ1n) is 26.0. The lowest BCUT2D eigenvalue weighted by Crippen LogP contribution is -2.48. The first-order valence-corrected chi connectivity index (χ1v) is 26.8. The van der Waals surface area contributed by atoms with Gasteiger partial charge in [0.1, 0.15) is 186 Å². The zero-order valence-electron chi connectivity index (χ0n) is 46.3. The quantitative estimate of drug-likeness (QED) is 0.162. The second kappa shape index (κ2) is 15.5. The molecular formula is C46H44B20N4O2S. The fourth-order valence-corrected chi connectivity index (χ4v) is 15.2. The van der Waals surface area contributed by atoms with E-state index in [0.717, 1.165) is 55.6 Å². The van der Waals surface area contributed by atoms with Crippen LogP contribution in [0, 0.1) is 0 Å². The Labute approximate surface area is 446 Å². The topological polar surface area (TPSA) is 61.9 Å². The highest BCUT2D eigenvalue weighted by molar-refractivity contribution is 7.28. The average Bonchev–Trinajstić information content (AvgIpc) is 4.21. The molecule has 7 aromatic carbocycles. The van der Waals surface area contributed by atoms with Crippen molar-refractivity contribution in [2.45, 2.75) is 0 Å². The van der Waals surface area contributed by atoms with Gasteiger partial charge in [-0.05, 0) is 29.0 Å². The predicted octanol–water partition coefficient (Wildman–Crippen LogP) is -22.0. The summed E-state index contributed by atoms with van der Waals surface area (Å²) in [6.07, 6.45) is 1.74. The Morgan fingerprint density at radius 1 is 0.342 bits per heavy atom. The highest BCUT2D eigenvalue weighted by atomic mass is 32.1. The number of aromatic nitrogens is 4. The molecule has 0 aliphatic heterocycles. The van der Waals surface area contributed by atoms with Gasteiger partial charge in [-0.15, -0.1) is 38.7 Å². The fourth-order valence-electron chi connectivity index (χ4n) is 13.7. The molecule has 73 heavy (non-hydrogen) atoms. The number of hydrogen-bond acceptors (Lipinski definition) is 5. The highest BCUT2D eigenvalue weighted by Gasteiger charge is 2.31. The predicted molar refractivity (Wildman–Crippen MR) is 382 cm³/mol. The van der Waals surface area contributed by atoms with Crippen LogP contribution >= 0.6 is 11.3 Å². The summed E-state index contributed by atoms with van der Waals surface area (Å²) in [5.74, 6) is 0.731. The SMILES string of the molecule is Bc1c(B)c(B)c2c(oc3c2c(B)c(B)c2c3c3c(B)c(B)c(B)c(B)c3n2-c2ncnc3c2oc2ccc(-n4c5c(B)c(B)c(B)c(B)c5c5c6sc7c(B)c(B)c(B)c(B)c7c6c(B)c(B)c54)cc23)c1B. The standard InChI is InChI=1S/C46H44B20N4O2S/c47-16-8-14-39(30(61)19(50)10-11-18(49)24(55)28(59)34(65)42(11)72-41(10)14)70(38(8)33(64)27(58)22(16)53)46-43-36(67-4-68-46)6-3-5(1-2-7(6)71-43)69-37-9(17(48)23(54)26(57)32(37)63)15-40(69)31(62)21(52)12-13-20(51)25(56)29(60)35(66)45(13)73-44(12)15/h1-4H,47-66H2. The van der Waals surface area contributed by atoms with E-state index in [9.17, 15) is 0 Å². The van der Waals surface area contributed by atoms with Crippen molar-refractivity contribution in [1.29, 1.82) is 0 Å². The Hall–Kier alpha value is -5.66. The summed E-state index contributed by atoms with van der Waals surface area (Å²) in [4.78, 5) is 10.3. The molecule has 13 rings (SSSR count). The van der Waals surface area contributed by atoms with Crippen LogP contribution < -0.4 is 109 Å². The van der Waals surface area contributed by atoms with E-state index in [-0.39, 0.29) is 0 Å². The largest absolute Gasteiger partial charge is 0.456 e. The summed E-state index contributed by atoms with van der Waals surface area (Å²) in [6, 6.07) is 6.74. The Balaban J connectivity index is 1.15. The molecular weight excluding hydrogens is 889 g/mol. The number of furan rings is 2. The van der Waals surface area contributed by atoms with Crippen molar-refractivity contribution >= 4 is 385 Å². The maximum absolute atomic E-state index is 7.25. The zero-order chi connectivity index (χ0) is 51.8. The lowest BCUT2D eigenvalue weighted by atomic mass is 9.64.